The molecule has 0 aliphatic carbocycles. The van der Waals surface area contributed by atoms with Gasteiger partial charge in [0.2, 0.25) is 10.0 Å². The molecule has 1 aromatic carbocycles. The highest BCUT2D eigenvalue weighted by Gasteiger charge is 2.19. The average Bonchev–Trinajstić information content (AvgIpc) is 2.89. The highest BCUT2D eigenvalue weighted by atomic mass is 79.9. The molecule has 1 atom stereocenters. The lowest BCUT2D eigenvalue weighted by Gasteiger charge is -2.12. The van der Waals surface area contributed by atoms with Gasteiger partial charge in [-0.05, 0) is 56.5 Å². The van der Waals surface area contributed by atoms with Crippen LogP contribution in [0.2, 0.25) is 0 Å². The van der Waals surface area contributed by atoms with E-state index in [0.29, 0.717) is 10.0 Å². The van der Waals surface area contributed by atoms with Crippen LogP contribution >= 0.6 is 43.2 Å². The van der Waals surface area contributed by atoms with Crippen LogP contribution in [0.1, 0.15) is 11.7 Å². The molecule has 0 aliphatic heterocycles. The third-order valence-electron chi connectivity index (χ3n) is 2.58. The van der Waals surface area contributed by atoms with Crippen LogP contribution in [0.15, 0.2) is 48.9 Å². The van der Waals surface area contributed by atoms with E-state index in [1.807, 2.05) is 5.38 Å². The molecule has 0 aliphatic rings. The van der Waals surface area contributed by atoms with Crippen molar-refractivity contribution in [1.82, 2.24) is 4.72 Å². The molecule has 0 fully saturated rings. The summed E-state index contributed by atoms with van der Waals surface area (Å²) in [4.78, 5) is 0.137. The smallest absolute Gasteiger partial charge is 0.241 e. The fourth-order valence-corrected chi connectivity index (χ4v) is 5.03. The molecular formula is C12H11Br2NO3S2. The highest BCUT2D eigenvalue weighted by molar-refractivity contribution is 9.11. The van der Waals surface area contributed by atoms with Gasteiger partial charge in [-0.2, -0.15) is 11.3 Å². The van der Waals surface area contributed by atoms with E-state index in [4.69, 9.17) is 0 Å². The topological polar surface area (TPSA) is 66.4 Å². The van der Waals surface area contributed by atoms with Gasteiger partial charge in [0.15, 0.2) is 0 Å². The standard InChI is InChI=1S/C12H11Br2NO3S2/c13-9-1-2-12(10(14)5-9)20(17,18)15-6-11(16)8-3-4-19-7-8/h1-5,7,11,15-16H,6H2. The third-order valence-corrected chi connectivity index (χ3v) is 6.17. The summed E-state index contributed by atoms with van der Waals surface area (Å²) in [6.07, 6.45) is -0.856. The van der Waals surface area contributed by atoms with E-state index in [-0.39, 0.29) is 11.4 Å². The number of hydrogen-bond donors (Lipinski definition) is 2. The van der Waals surface area contributed by atoms with Gasteiger partial charge in [-0.3, -0.25) is 0 Å². The number of thiophene rings is 1. The lowest BCUT2D eigenvalue weighted by Crippen LogP contribution is -2.28. The first kappa shape index (κ1) is 16.1. The molecule has 0 saturated carbocycles. The van der Waals surface area contributed by atoms with Crippen LogP contribution in [-0.2, 0) is 10.0 Å². The van der Waals surface area contributed by atoms with Crippen molar-refractivity contribution < 1.29 is 13.5 Å². The molecule has 0 radical (unpaired) electrons. The van der Waals surface area contributed by atoms with Crippen LogP contribution in [0.5, 0.6) is 0 Å². The van der Waals surface area contributed by atoms with E-state index in [0.717, 1.165) is 4.47 Å². The molecule has 0 bridgehead atoms. The van der Waals surface area contributed by atoms with Gasteiger partial charge in [0, 0.05) is 15.5 Å². The zero-order valence-corrected chi connectivity index (χ0v) is 14.9. The van der Waals surface area contributed by atoms with Crippen LogP contribution < -0.4 is 4.72 Å². The maximum Gasteiger partial charge on any atom is 0.241 e. The minimum Gasteiger partial charge on any atom is -0.387 e. The normalized spacial score (nSPS) is 13.3. The SMILES string of the molecule is O=S(=O)(NCC(O)c1ccsc1)c1ccc(Br)cc1Br. The van der Waals surface area contributed by atoms with Crippen LogP contribution in [0.3, 0.4) is 0 Å². The van der Waals surface area contributed by atoms with Gasteiger partial charge in [-0.15, -0.1) is 0 Å². The van der Waals surface area contributed by atoms with Crippen molar-refractivity contribution in [1.29, 1.82) is 0 Å². The summed E-state index contributed by atoms with van der Waals surface area (Å²) in [7, 11) is -3.67. The summed E-state index contributed by atoms with van der Waals surface area (Å²) in [5.41, 5.74) is 0.701. The second-order valence-electron chi connectivity index (χ2n) is 4.00. The number of aliphatic hydroxyl groups excluding tert-OH is 1. The second kappa shape index (κ2) is 6.67. The van der Waals surface area contributed by atoms with Crippen molar-refractivity contribution in [3.63, 3.8) is 0 Å². The molecule has 0 amide bonds. The van der Waals surface area contributed by atoms with Gasteiger partial charge in [-0.25, -0.2) is 13.1 Å². The largest absolute Gasteiger partial charge is 0.387 e. The Morgan fingerprint density at radius 1 is 1.30 bits per heavy atom. The number of sulfonamides is 1. The Labute approximate surface area is 138 Å². The third kappa shape index (κ3) is 3.90. The Morgan fingerprint density at radius 3 is 2.65 bits per heavy atom. The summed E-state index contributed by atoms with van der Waals surface area (Å²) in [6, 6.07) is 6.56. The maximum atomic E-state index is 12.2. The van der Waals surface area contributed by atoms with Crippen molar-refractivity contribution in [2.45, 2.75) is 11.0 Å². The predicted molar refractivity (Wildman–Crippen MR) is 86.3 cm³/mol. The molecule has 8 heteroatoms. The van der Waals surface area contributed by atoms with E-state index in [2.05, 4.69) is 36.6 Å². The first-order chi connectivity index (χ1) is 9.40. The summed E-state index contributed by atoms with van der Waals surface area (Å²) in [5.74, 6) is 0. The lowest BCUT2D eigenvalue weighted by atomic mass is 10.2. The number of aliphatic hydroxyl groups is 1. The molecule has 0 spiro atoms. The summed E-state index contributed by atoms with van der Waals surface area (Å²) >= 11 is 7.94. The summed E-state index contributed by atoms with van der Waals surface area (Å²) in [6.45, 7) is -0.0679. The van der Waals surface area contributed by atoms with Gasteiger partial charge in [0.05, 0.1) is 11.0 Å². The minimum absolute atomic E-state index is 0.0679. The predicted octanol–water partition coefficient (Wildman–Crippen LogP) is 3.29. The monoisotopic (exact) mass is 439 g/mol. The Morgan fingerprint density at radius 2 is 2.05 bits per heavy atom. The van der Waals surface area contributed by atoms with Crippen molar-refractivity contribution in [2.75, 3.05) is 6.54 Å². The highest BCUT2D eigenvalue weighted by Crippen LogP contribution is 2.26. The minimum atomic E-state index is -3.67. The first-order valence-electron chi connectivity index (χ1n) is 5.55. The van der Waals surface area contributed by atoms with E-state index in [9.17, 15) is 13.5 Å². The fourth-order valence-electron chi connectivity index (χ4n) is 1.54. The molecule has 1 aromatic heterocycles. The lowest BCUT2D eigenvalue weighted by molar-refractivity contribution is 0.182. The molecule has 2 aromatic rings. The Kier molecular flexibility index (Phi) is 5.38. The van der Waals surface area contributed by atoms with Gasteiger partial charge in [-0.1, -0.05) is 15.9 Å². The molecule has 2 rings (SSSR count). The molecule has 20 heavy (non-hydrogen) atoms. The van der Waals surface area contributed by atoms with E-state index in [1.54, 1.807) is 23.6 Å². The van der Waals surface area contributed by atoms with Crippen LogP contribution in [0.25, 0.3) is 0 Å². The maximum absolute atomic E-state index is 12.2. The molecule has 0 saturated heterocycles. The van der Waals surface area contributed by atoms with Crippen LogP contribution in [0.4, 0.5) is 0 Å². The zero-order chi connectivity index (χ0) is 14.8. The van der Waals surface area contributed by atoms with E-state index < -0.39 is 16.1 Å². The second-order valence-corrected chi connectivity index (χ2v) is 8.28. The van der Waals surface area contributed by atoms with E-state index in [1.165, 1.54) is 17.4 Å². The number of nitrogens with one attached hydrogen (secondary N) is 1. The number of benzene rings is 1. The van der Waals surface area contributed by atoms with Gasteiger partial charge in [0.25, 0.3) is 0 Å². The van der Waals surface area contributed by atoms with Crippen LogP contribution in [-0.4, -0.2) is 20.1 Å². The number of rotatable bonds is 5. The molecule has 2 N–H and O–H groups in total. The molecule has 4 nitrogen and oxygen atoms in total. The van der Waals surface area contributed by atoms with E-state index >= 15 is 0 Å². The molecule has 108 valence electrons. The number of halogens is 2. The van der Waals surface area contributed by atoms with Crippen molar-refractivity contribution in [3.8, 4) is 0 Å². The molecule has 1 unspecified atom stereocenters. The quantitative estimate of drug-likeness (QED) is 0.749. The first-order valence-corrected chi connectivity index (χ1v) is 9.56. The molecular weight excluding hydrogens is 430 g/mol. The van der Waals surface area contributed by atoms with Gasteiger partial charge in [0.1, 0.15) is 0 Å². The van der Waals surface area contributed by atoms with Crippen molar-refractivity contribution in [2.24, 2.45) is 0 Å². The van der Waals surface area contributed by atoms with Crippen molar-refractivity contribution in [3.05, 3.63) is 49.5 Å². The Bertz CT molecular complexity index is 687. The van der Waals surface area contributed by atoms with Gasteiger partial charge >= 0.3 is 0 Å². The number of hydrogen-bond acceptors (Lipinski definition) is 4. The van der Waals surface area contributed by atoms with Crippen LogP contribution in [0, 0.1) is 0 Å². The summed E-state index contributed by atoms with van der Waals surface area (Å²) < 4.78 is 28.0. The van der Waals surface area contributed by atoms with Gasteiger partial charge < -0.3 is 5.11 Å². The fraction of sp³-hybridized carbons (Fsp3) is 0.167. The summed E-state index contributed by atoms with van der Waals surface area (Å²) in [5, 5.41) is 13.5. The zero-order valence-electron chi connectivity index (χ0n) is 10.1. The van der Waals surface area contributed by atoms with Crippen molar-refractivity contribution >= 4 is 53.2 Å². The molecule has 1 heterocycles. The Hall–Kier alpha value is -0.250. The average molecular weight is 441 g/mol. The Balaban J connectivity index is 2.11.